The molecule has 1 aromatic heterocycles. The van der Waals surface area contributed by atoms with E-state index in [0.717, 1.165) is 17.6 Å². The van der Waals surface area contributed by atoms with Crippen LogP contribution in [0, 0.1) is 5.92 Å². The van der Waals surface area contributed by atoms with Crippen LogP contribution in [0.3, 0.4) is 0 Å². The van der Waals surface area contributed by atoms with Gasteiger partial charge in [-0.3, -0.25) is 4.79 Å². The van der Waals surface area contributed by atoms with Crippen LogP contribution < -0.4 is 0 Å². The second-order valence-corrected chi connectivity index (χ2v) is 3.04. The van der Waals surface area contributed by atoms with Crippen molar-refractivity contribution in [2.75, 3.05) is 0 Å². The number of rotatable bonds is 3. The van der Waals surface area contributed by atoms with Crippen molar-refractivity contribution in [2.24, 2.45) is 5.92 Å². The average molecular weight is 163 g/mol. The molecular weight excluding hydrogens is 150 g/mol. The summed E-state index contributed by atoms with van der Waals surface area (Å²) in [5.74, 6) is 0.283. The molecule has 0 fully saturated rings. The van der Waals surface area contributed by atoms with Crippen molar-refractivity contribution >= 4 is 12.4 Å². The molecule has 1 aromatic rings. The number of aldehydes is 1. The lowest BCUT2D eigenvalue weighted by molar-refractivity contribution is -0.105. The Morgan fingerprint density at radius 3 is 2.75 bits per heavy atom. The number of allylic oxidation sites excluding steroid dienone is 1. The van der Waals surface area contributed by atoms with Gasteiger partial charge in [0, 0.05) is 11.9 Å². The summed E-state index contributed by atoms with van der Waals surface area (Å²) in [7, 11) is 0. The summed E-state index contributed by atoms with van der Waals surface area (Å²) < 4.78 is 0. The van der Waals surface area contributed by atoms with E-state index in [2.05, 4.69) is 4.98 Å². The number of carbonyl (C=O) groups is 1. The Labute approximate surface area is 72.3 Å². The Bertz CT molecular complexity index is 270. The minimum absolute atomic E-state index is 0.283. The van der Waals surface area contributed by atoms with E-state index in [1.54, 1.807) is 0 Å². The highest BCUT2D eigenvalue weighted by molar-refractivity contribution is 5.81. The third kappa shape index (κ3) is 2.09. The van der Waals surface area contributed by atoms with Crippen molar-refractivity contribution in [1.29, 1.82) is 0 Å². The summed E-state index contributed by atoms with van der Waals surface area (Å²) in [6.45, 7) is 4.01. The highest BCUT2D eigenvalue weighted by Gasteiger charge is 2.00. The topological polar surface area (TPSA) is 32.9 Å². The van der Waals surface area contributed by atoms with Crippen molar-refractivity contribution < 1.29 is 4.79 Å². The van der Waals surface area contributed by atoms with E-state index in [1.807, 2.05) is 38.3 Å². The standard InChI is InChI=1S/C10H13NO/c1-8(2)9(7-12)6-10-4-3-5-11-10/h3-8,11H,1-2H3. The molecule has 0 aliphatic rings. The maximum Gasteiger partial charge on any atom is 0.146 e. The monoisotopic (exact) mass is 163 g/mol. The second kappa shape index (κ2) is 3.90. The van der Waals surface area contributed by atoms with Crippen LogP contribution in [-0.2, 0) is 4.79 Å². The smallest absolute Gasteiger partial charge is 0.146 e. The lowest BCUT2D eigenvalue weighted by Gasteiger charge is -2.01. The quantitative estimate of drug-likeness (QED) is 0.538. The minimum Gasteiger partial charge on any atom is -0.362 e. The first-order valence-electron chi connectivity index (χ1n) is 4.04. The number of hydrogen-bond donors (Lipinski definition) is 1. The van der Waals surface area contributed by atoms with E-state index in [0.29, 0.717) is 0 Å². The molecule has 2 heteroatoms. The summed E-state index contributed by atoms with van der Waals surface area (Å²) in [5.41, 5.74) is 1.79. The number of aromatic nitrogens is 1. The highest BCUT2D eigenvalue weighted by Crippen LogP contribution is 2.10. The summed E-state index contributed by atoms with van der Waals surface area (Å²) >= 11 is 0. The highest BCUT2D eigenvalue weighted by atomic mass is 16.1. The van der Waals surface area contributed by atoms with Gasteiger partial charge in [0.25, 0.3) is 0 Å². The molecule has 0 amide bonds. The van der Waals surface area contributed by atoms with Crippen molar-refractivity contribution in [3.63, 3.8) is 0 Å². The van der Waals surface area contributed by atoms with Crippen LogP contribution in [0.1, 0.15) is 19.5 Å². The summed E-state index contributed by atoms with van der Waals surface area (Å²) in [4.78, 5) is 13.6. The molecule has 2 nitrogen and oxygen atoms in total. The molecule has 0 saturated carbocycles. The molecule has 0 bridgehead atoms. The van der Waals surface area contributed by atoms with Gasteiger partial charge in [0.05, 0.1) is 0 Å². The first-order valence-corrected chi connectivity index (χ1v) is 4.04. The van der Waals surface area contributed by atoms with Gasteiger partial charge in [-0.15, -0.1) is 0 Å². The number of H-pyrrole nitrogens is 1. The van der Waals surface area contributed by atoms with Gasteiger partial charge in [-0.2, -0.15) is 0 Å². The van der Waals surface area contributed by atoms with Crippen molar-refractivity contribution in [3.8, 4) is 0 Å². The maximum absolute atomic E-state index is 10.6. The molecule has 1 heterocycles. The fraction of sp³-hybridized carbons (Fsp3) is 0.300. The van der Waals surface area contributed by atoms with Crippen LogP contribution in [0.5, 0.6) is 0 Å². The molecule has 0 saturated heterocycles. The van der Waals surface area contributed by atoms with Crippen LogP contribution >= 0.6 is 0 Å². The van der Waals surface area contributed by atoms with Crippen molar-refractivity contribution in [2.45, 2.75) is 13.8 Å². The van der Waals surface area contributed by atoms with Gasteiger partial charge < -0.3 is 4.98 Å². The maximum atomic E-state index is 10.6. The van der Waals surface area contributed by atoms with Crippen LogP contribution in [0.15, 0.2) is 23.9 Å². The molecular formula is C10H13NO. The predicted octanol–water partition coefficient (Wildman–Crippen LogP) is 2.25. The average Bonchev–Trinajstić information content (AvgIpc) is 2.51. The molecule has 0 unspecified atom stereocenters. The molecule has 0 aliphatic carbocycles. The van der Waals surface area contributed by atoms with Gasteiger partial charge in [-0.1, -0.05) is 13.8 Å². The lowest BCUT2D eigenvalue weighted by Crippen LogP contribution is -1.94. The van der Waals surface area contributed by atoms with E-state index < -0.39 is 0 Å². The van der Waals surface area contributed by atoms with Gasteiger partial charge in [-0.25, -0.2) is 0 Å². The number of aromatic amines is 1. The molecule has 64 valence electrons. The third-order valence-corrected chi connectivity index (χ3v) is 1.75. The number of carbonyl (C=O) groups excluding carboxylic acids is 1. The first kappa shape index (κ1) is 8.78. The summed E-state index contributed by atoms with van der Waals surface area (Å²) in [5, 5.41) is 0. The zero-order valence-electron chi connectivity index (χ0n) is 7.37. The molecule has 1 rings (SSSR count). The Hall–Kier alpha value is -1.31. The largest absolute Gasteiger partial charge is 0.362 e. The zero-order valence-corrected chi connectivity index (χ0v) is 7.37. The Balaban J connectivity index is 2.85. The van der Waals surface area contributed by atoms with E-state index in [1.165, 1.54) is 0 Å². The summed E-state index contributed by atoms with van der Waals surface area (Å²) in [6, 6.07) is 3.85. The normalized spacial score (nSPS) is 12.1. The van der Waals surface area contributed by atoms with Gasteiger partial charge >= 0.3 is 0 Å². The van der Waals surface area contributed by atoms with Gasteiger partial charge in [-0.05, 0) is 29.7 Å². The van der Waals surface area contributed by atoms with Crippen LogP contribution in [0.4, 0.5) is 0 Å². The Morgan fingerprint density at radius 1 is 1.58 bits per heavy atom. The number of nitrogens with one attached hydrogen (secondary N) is 1. The van der Waals surface area contributed by atoms with E-state index >= 15 is 0 Å². The number of hydrogen-bond acceptors (Lipinski definition) is 1. The molecule has 0 aliphatic heterocycles. The molecule has 0 radical (unpaired) electrons. The fourth-order valence-corrected chi connectivity index (χ4v) is 0.950. The van der Waals surface area contributed by atoms with Crippen LogP contribution in [0.25, 0.3) is 6.08 Å². The van der Waals surface area contributed by atoms with Crippen LogP contribution in [-0.4, -0.2) is 11.3 Å². The predicted molar refractivity (Wildman–Crippen MR) is 49.7 cm³/mol. The Morgan fingerprint density at radius 2 is 2.33 bits per heavy atom. The minimum atomic E-state index is 0.283. The second-order valence-electron chi connectivity index (χ2n) is 3.04. The van der Waals surface area contributed by atoms with E-state index in [4.69, 9.17) is 0 Å². The molecule has 0 spiro atoms. The van der Waals surface area contributed by atoms with Crippen molar-refractivity contribution in [3.05, 3.63) is 29.6 Å². The third-order valence-electron chi connectivity index (χ3n) is 1.75. The van der Waals surface area contributed by atoms with E-state index in [9.17, 15) is 4.79 Å². The van der Waals surface area contributed by atoms with E-state index in [-0.39, 0.29) is 5.92 Å². The SMILES string of the molecule is CC(C)C(C=O)=Cc1ccc[nH]1. The molecule has 12 heavy (non-hydrogen) atoms. The van der Waals surface area contributed by atoms with Gasteiger partial charge in [0.2, 0.25) is 0 Å². The van der Waals surface area contributed by atoms with Gasteiger partial charge in [0.15, 0.2) is 0 Å². The molecule has 1 N–H and O–H groups in total. The molecule has 0 atom stereocenters. The molecule has 0 aromatic carbocycles. The zero-order chi connectivity index (χ0) is 8.97. The van der Waals surface area contributed by atoms with Crippen molar-refractivity contribution in [1.82, 2.24) is 4.98 Å². The fourth-order valence-electron chi connectivity index (χ4n) is 0.950. The van der Waals surface area contributed by atoms with Crippen LogP contribution in [0.2, 0.25) is 0 Å². The Kier molecular flexibility index (Phi) is 2.86. The summed E-state index contributed by atoms with van der Waals surface area (Å²) in [6.07, 6.45) is 4.62. The first-order chi connectivity index (χ1) is 5.74. The van der Waals surface area contributed by atoms with Gasteiger partial charge in [0.1, 0.15) is 6.29 Å². The lowest BCUT2D eigenvalue weighted by atomic mass is 10.0.